The molecule has 2 atom stereocenters. The molecule has 0 saturated heterocycles. The van der Waals surface area contributed by atoms with Crippen LogP contribution in [0.1, 0.15) is 76.5 Å². The summed E-state index contributed by atoms with van der Waals surface area (Å²) in [5.74, 6) is 0.467. The monoisotopic (exact) mass is 658 g/mol. The number of halogens is 1. The zero-order valence-corrected chi connectivity index (χ0v) is 29.8. The van der Waals surface area contributed by atoms with E-state index < -0.39 is 10.1 Å². The minimum absolute atomic E-state index is 0.00338. The lowest BCUT2D eigenvalue weighted by atomic mass is 9.76. The molecule has 2 heterocycles. The Labute approximate surface area is 281 Å². The Balaban J connectivity index is 0.000000322. The molecule has 0 saturated carbocycles. The summed E-state index contributed by atoms with van der Waals surface area (Å²) in [6, 6.07) is 24.0. The van der Waals surface area contributed by atoms with Crippen LogP contribution in [0.5, 0.6) is 0 Å². The topological polar surface area (TPSA) is 63.5 Å². The van der Waals surface area contributed by atoms with Crippen molar-refractivity contribution in [1.82, 2.24) is 0 Å². The van der Waals surface area contributed by atoms with Crippen LogP contribution in [0.3, 0.4) is 0 Å². The van der Waals surface area contributed by atoms with Crippen molar-refractivity contribution >= 4 is 38.8 Å². The second-order valence-electron chi connectivity index (χ2n) is 14.1. The van der Waals surface area contributed by atoms with Crippen LogP contribution >= 0.6 is 11.6 Å². The summed E-state index contributed by atoms with van der Waals surface area (Å²) in [5, 5.41) is 1.10. The smallest absolute Gasteiger partial charge is 0.209 e. The van der Waals surface area contributed by atoms with Gasteiger partial charge in [-0.05, 0) is 88.1 Å². The molecule has 1 aliphatic carbocycles. The van der Waals surface area contributed by atoms with Crippen LogP contribution in [0.15, 0.2) is 100 Å². The highest BCUT2D eigenvalue weighted by molar-refractivity contribution is 7.85. The number of anilines is 1. The van der Waals surface area contributed by atoms with Crippen LogP contribution < -0.4 is 4.90 Å². The van der Waals surface area contributed by atoms with Crippen molar-refractivity contribution in [2.75, 3.05) is 19.0 Å². The summed E-state index contributed by atoms with van der Waals surface area (Å²) in [5.41, 5.74) is 9.32. The third kappa shape index (κ3) is 6.62. The van der Waals surface area contributed by atoms with Gasteiger partial charge in [0.1, 0.15) is 17.2 Å². The van der Waals surface area contributed by atoms with E-state index in [1.807, 2.05) is 6.92 Å². The second kappa shape index (κ2) is 13.1. The van der Waals surface area contributed by atoms with E-state index in [0.717, 1.165) is 23.4 Å². The van der Waals surface area contributed by atoms with Crippen molar-refractivity contribution in [1.29, 1.82) is 0 Å². The van der Waals surface area contributed by atoms with E-state index >= 15 is 0 Å². The van der Waals surface area contributed by atoms with Gasteiger partial charge in [0.25, 0.3) is 0 Å². The summed E-state index contributed by atoms with van der Waals surface area (Å²) in [7, 11) is 0.179. The number of aryl methyl sites for hydroxylation is 1. The number of rotatable bonds is 6. The molecule has 0 spiro atoms. The third-order valence-electron chi connectivity index (χ3n) is 10.4. The van der Waals surface area contributed by atoms with Crippen molar-refractivity contribution in [3.05, 3.63) is 112 Å². The first kappa shape index (κ1) is 34.2. The normalized spacial score (nSPS) is 21.7. The molecule has 7 heteroatoms. The highest BCUT2D eigenvalue weighted by atomic mass is 35.5. The molecule has 0 N–H and O–H groups in total. The van der Waals surface area contributed by atoms with Gasteiger partial charge in [-0.25, -0.2) is 8.42 Å². The zero-order valence-electron chi connectivity index (χ0n) is 28.2. The molecule has 2 unspecified atom stereocenters. The first-order chi connectivity index (χ1) is 21.6. The summed E-state index contributed by atoms with van der Waals surface area (Å²) in [6.07, 6.45) is 10.5. The van der Waals surface area contributed by atoms with Crippen LogP contribution in [0.25, 0.3) is 0 Å². The van der Waals surface area contributed by atoms with E-state index in [1.54, 1.807) is 12.1 Å². The number of benzene rings is 3. The van der Waals surface area contributed by atoms with Gasteiger partial charge in [-0.15, -0.1) is 0 Å². The molecule has 0 bridgehead atoms. The van der Waals surface area contributed by atoms with E-state index in [9.17, 15) is 13.0 Å². The number of hydrogen-bond donors (Lipinski definition) is 0. The number of likely N-dealkylation sites (N-methyl/N-ethyl adjacent to an activating group) is 1. The summed E-state index contributed by atoms with van der Waals surface area (Å²) >= 11 is 7.10. The zero-order chi connectivity index (χ0) is 33.4. The average molecular weight is 659 g/mol. The second-order valence-corrected chi connectivity index (χ2v) is 15.9. The fourth-order valence-electron chi connectivity index (χ4n) is 7.74. The molecule has 0 radical (unpaired) electrons. The maximum absolute atomic E-state index is 10.4. The van der Waals surface area contributed by atoms with Gasteiger partial charge >= 0.3 is 0 Å². The van der Waals surface area contributed by atoms with Crippen molar-refractivity contribution in [2.45, 2.75) is 88.5 Å². The number of nitrogens with zero attached hydrogens (tertiary/aromatic N) is 2. The summed E-state index contributed by atoms with van der Waals surface area (Å²) in [6.45, 7) is 11.3. The van der Waals surface area contributed by atoms with Crippen LogP contribution in [0.2, 0.25) is 0 Å². The Morgan fingerprint density at radius 3 is 2.20 bits per heavy atom. The number of fused-ring (bicyclic) bond motifs is 2. The van der Waals surface area contributed by atoms with Crippen molar-refractivity contribution in [2.24, 2.45) is 5.92 Å². The number of allylic oxidation sites excluding steroid dienone is 4. The molecular formula is C39H47ClN2O3S. The van der Waals surface area contributed by atoms with E-state index in [-0.39, 0.29) is 15.7 Å². The largest absolute Gasteiger partial charge is 0.744 e. The minimum atomic E-state index is -4.27. The van der Waals surface area contributed by atoms with E-state index in [1.165, 1.54) is 65.2 Å². The van der Waals surface area contributed by atoms with Gasteiger partial charge in [0.15, 0.2) is 5.71 Å². The highest BCUT2D eigenvalue weighted by Gasteiger charge is 2.44. The van der Waals surface area contributed by atoms with Gasteiger partial charge in [0.05, 0.1) is 10.3 Å². The van der Waals surface area contributed by atoms with E-state index in [4.69, 9.17) is 11.6 Å². The lowest BCUT2D eigenvalue weighted by Gasteiger charge is -2.34. The van der Waals surface area contributed by atoms with Crippen LogP contribution in [0, 0.1) is 12.8 Å². The molecule has 46 heavy (non-hydrogen) atoms. The van der Waals surface area contributed by atoms with Gasteiger partial charge in [0.2, 0.25) is 5.69 Å². The minimum Gasteiger partial charge on any atom is -0.744 e. The Morgan fingerprint density at radius 2 is 1.57 bits per heavy atom. The van der Waals surface area contributed by atoms with Gasteiger partial charge in [-0.2, -0.15) is 4.58 Å². The van der Waals surface area contributed by atoms with Gasteiger partial charge in [-0.3, -0.25) is 0 Å². The Kier molecular flexibility index (Phi) is 9.75. The molecule has 3 aliphatic rings. The predicted octanol–water partition coefficient (Wildman–Crippen LogP) is 9.02. The number of hydrogen-bond acceptors (Lipinski definition) is 4. The standard InChI is InChI=1S/C32H40ClN2.C7H8O3S/c1-31(2)24-14-7-9-16-26(24)34(5)28(31)20-18-22-12-11-13-23(30(22)33)19-21-29-32(3,4)25-15-8-10-17-27(25)35(29)6;1-6-2-4-7(5-3-6)11(8,9)10/h7-10,14-18,20,23,29H,11-13,19,21H2,1-6H3;2-5H,1H3,(H,8,9,10)/q+1;/p-1/b20-18+;. The lowest BCUT2D eigenvalue weighted by Crippen LogP contribution is -2.39. The average Bonchev–Trinajstić information content (AvgIpc) is 3.33. The van der Waals surface area contributed by atoms with Crippen LogP contribution in [-0.4, -0.2) is 43.4 Å². The van der Waals surface area contributed by atoms with Gasteiger partial charge in [-0.1, -0.05) is 85.6 Å². The van der Waals surface area contributed by atoms with Gasteiger partial charge < -0.3 is 9.45 Å². The predicted molar refractivity (Wildman–Crippen MR) is 190 cm³/mol. The maximum Gasteiger partial charge on any atom is 0.209 e. The van der Waals surface area contributed by atoms with Gasteiger partial charge in [0, 0.05) is 46.9 Å². The fourth-order valence-corrected chi connectivity index (χ4v) is 8.58. The molecule has 2 aliphatic heterocycles. The van der Waals surface area contributed by atoms with Crippen molar-refractivity contribution in [3.63, 3.8) is 0 Å². The molecule has 3 aromatic carbocycles. The lowest BCUT2D eigenvalue weighted by molar-refractivity contribution is -0.401. The molecule has 6 rings (SSSR count). The summed E-state index contributed by atoms with van der Waals surface area (Å²) < 4.78 is 33.5. The molecule has 5 nitrogen and oxygen atoms in total. The first-order valence-corrected chi connectivity index (χ1v) is 18.0. The number of para-hydroxylation sites is 2. The van der Waals surface area contributed by atoms with Crippen molar-refractivity contribution in [3.8, 4) is 0 Å². The van der Waals surface area contributed by atoms with E-state index in [2.05, 4.69) is 112 Å². The quantitative estimate of drug-likeness (QED) is 0.196. The van der Waals surface area contributed by atoms with Crippen molar-refractivity contribution < 1.29 is 17.5 Å². The molecule has 0 fully saturated rings. The molecule has 0 aromatic heterocycles. The van der Waals surface area contributed by atoms with Crippen LogP contribution in [0.4, 0.5) is 11.4 Å². The molecule has 0 amide bonds. The highest BCUT2D eigenvalue weighted by Crippen LogP contribution is 2.47. The first-order valence-electron chi connectivity index (χ1n) is 16.3. The molecule has 3 aromatic rings. The molecule has 244 valence electrons. The van der Waals surface area contributed by atoms with Crippen LogP contribution in [-0.2, 0) is 20.9 Å². The van der Waals surface area contributed by atoms with E-state index in [0.29, 0.717) is 12.0 Å². The third-order valence-corrected chi connectivity index (χ3v) is 11.8. The Hall–Kier alpha value is -3.19. The molecular weight excluding hydrogens is 612 g/mol. The SMILES string of the molecule is CN1c2ccccc2C(C)(C)C1CCC1CCCC(/C=C/C2=[N+](C)c3ccccc3C2(C)C)=C1Cl.Cc1ccc(S(=O)(=O)[O-])cc1. The Bertz CT molecular complexity index is 1800. The maximum atomic E-state index is 10.4. The Morgan fingerprint density at radius 1 is 0.935 bits per heavy atom. The fraction of sp³-hybridized carbons (Fsp3) is 0.410. The summed E-state index contributed by atoms with van der Waals surface area (Å²) in [4.78, 5) is 2.33.